The van der Waals surface area contributed by atoms with Gasteiger partial charge in [-0.1, -0.05) is 44.6 Å². The monoisotopic (exact) mass is 276 g/mol. The van der Waals surface area contributed by atoms with Gasteiger partial charge in [-0.15, -0.1) is 6.42 Å². The summed E-state index contributed by atoms with van der Waals surface area (Å²) in [7, 11) is -2.00. The molecular weight excluding hydrogens is 252 g/mol. The van der Waals surface area contributed by atoms with Gasteiger partial charge in [0.05, 0.1) is 5.41 Å². The fourth-order valence-corrected chi connectivity index (χ4v) is 5.77. The predicted molar refractivity (Wildman–Crippen MR) is 77.9 cm³/mol. The molecule has 2 aliphatic rings. The van der Waals surface area contributed by atoms with Gasteiger partial charge in [0.25, 0.3) is 0 Å². The molecule has 0 bridgehead atoms. The zero-order chi connectivity index (χ0) is 14.1. The fourth-order valence-electron chi connectivity index (χ4n) is 3.81. The molecule has 0 N–H and O–H groups in total. The molecule has 3 unspecified atom stereocenters. The lowest BCUT2D eigenvalue weighted by Crippen LogP contribution is -2.56. The first-order valence-corrected chi connectivity index (χ1v) is 8.82. The minimum absolute atomic E-state index is 0.293. The molecule has 3 heteroatoms. The summed E-state index contributed by atoms with van der Waals surface area (Å²) in [6.07, 6.45) is 13.9. The molecule has 2 rings (SSSR count). The van der Waals surface area contributed by atoms with Crippen molar-refractivity contribution in [2.45, 2.75) is 57.6 Å². The maximum atomic E-state index is 12.1. The van der Waals surface area contributed by atoms with E-state index in [1.165, 1.54) is 32.1 Å². The van der Waals surface area contributed by atoms with Gasteiger partial charge in [-0.2, -0.15) is 0 Å². The van der Waals surface area contributed by atoms with Crippen LogP contribution < -0.4 is 0 Å². The van der Waals surface area contributed by atoms with E-state index >= 15 is 0 Å². The molecule has 1 saturated heterocycles. The molecule has 2 nitrogen and oxygen atoms in total. The van der Waals surface area contributed by atoms with Crippen LogP contribution in [0.4, 0.5) is 0 Å². The quantitative estimate of drug-likeness (QED) is 0.436. The van der Waals surface area contributed by atoms with E-state index in [-0.39, 0.29) is 0 Å². The number of rotatable bonds is 2. The van der Waals surface area contributed by atoms with Crippen LogP contribution >= 0.6 is 0 Å². The summed E-state index contributed by atoms with van der Waals surface area (Å²) in [6, 6.07) is 0.638. The minimum Gasteiger partial charge on any atom is -0.514 e. The molecule has 0 amide bonds. The number of hydrogen-bond acceptors (Lipinski definition) is 2. The molecular formula is C16H24O2Si. The van der Waals surface area contributed by atoms with E-state index in [1.807, 2.05) is 6.92 Å². The molecule has 104 valence electrons. The third kappa shape index (κ3) is 2.31. The van der Waals surface area contributed by atoms with E-state index in [4.69, 9.17) is 10.8 Å². The van der Waals surface area contributed by atoms with Gasteiger partial charge in [0.15, 0.2) is 0 Å². The van der Waals surface area contributed by atoms with E-state index in [9.17, 15) is 4.46 Å². The molecule has 2 fully saturated rings. The lowest BCUT2D eigenvalue weighted by molar-refractivity contribution is -0.0463. The Kier molecular flexibility index (Phi) is 4.01. The Balaban J connectivity index is 2.36. The van der Waals surface area contributed by atoms with Gasteiger partial charge in [-0.25, -0.2) is 0 Å². The van der Waals surface area contributed by atoms with Crippen LogP contribution in [0.15, 0.2) is 12.7 Å². The van der Waals surface area contributed by atoms with Crippen molar-refractivity contribution in [2.24, 2.45) is 17.3 Å². The minimum atomic E-state index is -2.00. The Morgan fingerprint density at radius 3 is 2.53 bits per heavy atom. The summed E-state index contributed by atoms with van der Waals surface area (Å²) in [6.45, 7) is 7.90. The van der Waals surface area contributed by atoms with Crippen LogP contribution in [-0.4, -0.2) is 14.5 Å². The first kappa shape index (κ1) is 14.5. The van der Waals surface area contributed by atoms with Crippen molar-refractivity contribution >= 4 is 8.93 Å². The largest absolute Gasteiger partial charge is 0.514 e. The molecule has 0 aromatic rings. The number of terminal acetylenes is 1. The normalized spacial score (nSPS) is 40.3. The van der Waals surface area contributed by atoms with Gasteiger partial charge in [0.1, 0.15) is 5.60 Å². The van der Waals surface area contributed by atoms with E-state index in [1.54, 1.807) is 6.08 Å². The molecule has 1 aliphatic heterocycles. The molecule has 1 saturated carbocycles. The van der Waals surface area contributed by atoms with Crippen molar-refractivity contribution in [1.82, 2.24) is 0 Å². The Morgan fingerprint density at radius 2 is 2.00 bits per heavy atom. The Hall–Kier alpha value is -0.883. The summed E-state index contributed by atoms with van der Waals surface area (Å²) in [4.78, 5) is 0. The zero-order valence-corrected chi connectivity index (χ0v) is 13.1. The SMILES string of the molecule is C#CC1(C)C(C2CCCCC2)C[Si](=O)OC1(C)C=C. The first-order valence-electron chi connectivity index (χ1n) is 7.30. The predicted octanol–water partition coefficient (Wildman–Crippen LogP) is 3.72. The molecule has 0 radical (unpaired) electrons. The van der Waals surface area contributed by atoms with Gasteiger partial charge in [0.2, 0.25) is 0 Å². The van der Waals surface area contributed by atoms with Crippen LogP contribution in [0.2, 0.25) is 6.04 Å². The Bertz CT molecular complexity index is 419. The highest BCUT2D eigenvalue weighted by molar-refractivity contribution is 6.35. The third-order valence-electron chi connectivity index (χ3n) is 5.39. The van der Waals surface area contributed by atoms with Crippen molar-refractivity contribution in [2.75, 3.05) is 0 Å². The van der Waals surface area contributed by atoms with E-state index < -0.39 is 19.9 Å². The highest BCUT2D eigenvalue weighted by Crippen LogP contribution is 2.52. The summed E-state index contributed by atoms with van der Waals surface area (Å²) >= 11 is 0. The van der Waals surface area contributed by atoms with E-state index in [2.05, 4.69) is 19.4 Å². The molecule has 1 heterocycles. The van der Waals surface area contributed by atoms with Gasteiger partial charge < -0.3 is 8.89 Å². The van der Waals surface area contributed by atoms with Crippen molar-refractivity contribution in [3.8, 4) is 12.3 Å². The second-order valence-corrected chi connectivity index (χ2v) is 7.70. The summed E-state index contributed by atoms with van der Waals surface area (Å²) in [5.41, 5.74) is -1.08. The average Bonchev–Trinajstić information content (AvgIpc) is 2.43. The van der Waals surface area contributed by atoms with E-state index in [0.29, 0.717) is 17.9 Å². The van der Waals surface area contributed by atoms with Gasteiger partial charge in [0, 0.05) is 6.04 Å². The van der Waals surface area contributed by atoms with Crippen molar-refractivity contribution in [3.05, 3.63) is 12.7 Å². The molecule has 19 heavy (non-hydrogen) atoms. The third-order valence-corrected chi connectivity index (χ3v) is 6.82. The van der Waals surface area contributed by atoms with Crippen molar-refractivity contribution in [1.29, 1.82) is 0 Å². The topological polar surface area (TPSA) is 26.3 Å². The van der Waals surface area contributed by atoms with Crippen LogP contribution in [0, 0.1) is 29.6 Å². The van der Waals surface area contributed by atoms with Gasteiger partial charge >= 0.3 is 8.93 Å². The van der Waals surface area contributed by atoms with Gasteiger partial charge in [-0.3, -0.25) is 0 Å². The highest BCUT2D eigenvalue weighted by Gasteiger charge is 2.56. The van der Waals surface area contributed by atoms with E-state index in [0.717, 1.165) is 0 Å². The fraction of sp³-hybridized carbons (Fsp3) is 0.750. The maximum absolute atomic E-state index is 12.1. The van der Waals surface area contributed by atoms with Crippen molar-refractivity contribution in [3.63, 3.8) is 0 Å². The summed E-state index contributed by atoms with van der Waals surface area (Å²) in [5.74, 6) is 3.85. The van der Waals surface area contributed by atoms with Crippen LogP contribution in [-0.2, 0) is 8.89 Å². The smallest absolute Gasteiger partial charge is 0.503 e. The second kappa shape index (κ2) is 5.24. The maximum Gasteiger partial charge on any atom is 0.503 e. The Morgan fingerprint density at radius 1 is 1.37 bits per heavy atom. The summed E-state index contributed by atoms with van der Waals surface area (Å²) < 4.78 is 17.9. The molecule has 3 atom stereocenters. The van der Waals surface area contributed by atoms with Crippen LogP contribution in [0.25, 0.3) is 0 Å². The van der Waals surface area contributed by atoms with Crippen molar-refractivity contribution < 1.29 is 8.89 Å². The second-order valence-electron chi connectivity index (χ2n) is 6.34. The first-order chi connectivity index (χ1) is 8.97. The van der Waals surface area contributed by atoms with Crippen LogP contribution in [0.1, 0.15) is 46.0 Å². The number of hydrogen-bond donors (Lipinski definition) is 0. The van der Waals surface area contributed by atoms with Crippen LogP contribution in [0.3, 0.4) is 0 Å². The lowest BCUT2D eigenvalue weighted by Gasteiger charge is -2.52. The zero-order valence-electron chi connectivity index (χ0n) is 12.1. The average molecular weight is 276 g/mol. The highest BCUT2D eigenvalue weighted by atomic mass is 28.3. The molecule has 0 aromatic carbocycles. The molecule has 1 aliphatic carbocycles. The standard InChI is InChI=1S/C16H24O2Si/c1-5-15(3)14(13-10-8-7-9-11-13)12-19(17)18-16(15,4)6-2/h1,6,13-14H,2,7-12H2,3-4H3. The lowest BCUT2D eigenvalue weighted by atomic mass is 9.60. The summed E-state index contributed by atoms with van der Waals surface area (Å²) in [5, 5.41) is 0. The molecule has 0 aromatic heterocycles. The molecule has 0 spiro atoms. The van der Waals surface area contributed by atoms with Crippen LogP contribution in [0.5, 0.6) is 0 Å². The Labute approximate surface area is 118 Å². The van der Waals surface area contributed by atoms with Gasteiger partial charge in [-0.05, 0) is 31.8 Å².